The number of nitrogen functional groups attached to an aromatic ring is 1. The summed E-state index contributed by atoms with van der Waals surface area (Å²) in [6, 6.07) is 3.71. The molecule has 1 saturated carbocycles. The molecule has 0 bridgehead atoms. The maximum Gasteiger partial charge on any atom is 0.175 e. The van der Waals surface area contributed by atoms with E-state index in [0.29, 0.717) is 22.2 Å². The highest BCUT2D eigenvalue weighted by molar-refractivity contribution is 7.90. The summed E-state index contributed by atoms with van der Waals surface area (Å²) in [7, 11) is -3.24. The molecule has 2 N–H and O–H groups in total. The van der Waals surface area contributed by atoms with Gasteiger partial charge in [-0.3, -0.25) is 4.99 Å². The molecule has 0 aliphatic heterocycles. The lowest BCUT2D eigenvalue weighted by Gasteiger charge is -2.23. The molecule has 1 aromatic carbocycles. The van der Waals surface area contributed by atoms with Crippen LogP contribution in [0.5, 0.6) is 0 Å². The van der Waals surface area contributed by atoms with E-state index < -0.39 is 9.84 Å². The number of nitrogens with zero attached hydrogens (tertiary/aromatic N) is 1. The second-order valence-corrected chi connectivity index (χ2v) is 8.19. The van der Waals surface area contributed by atoms with Crippen molar-refractivity contribution in [3.8, 4) is 0 Å². The third-order valence-electron chi connectivity index (χ3n) is 4.19. The first kappa shape index (κ1) is 19.7. The van der Waals surface area contributed by atoms with Crippen LogP contribution in [0.1, 0.15) is 57.6 Å². The van der Waals surface area contributed by atoms with Crippen LogP contribution in [0.3, 0.4) is 0 Å². The summed E-state index contributed by atoms with van der Waals surface area (Å²) in [5, 5.41) is 0. The van der Waals surface area contributed by atoms with Gasteiger partial charge in [-0.1, -0.05) is 20.8 Å². The first-order chi connectivity index (χ1) is 10.8. The summed E-state index contributed by atoms with van der Waals surface area (Å²) in [5.74, 6) is 0.804. The van der Waals surface area contributed by atoms with Gasteiger partial charge in [0.15, 0.2) is 9.84 Å². The highest BCUT2D eigenvalue weighted by Crippen LogP contribution is 2.26. The lowest BCUT2D eigenvalue weighted by molar-refractivity contribution is 0.350. The smallest absolute Gasteiger partial charge is 0.175 e. The van der Waals surface area contributed by atoms with Crippen LogP contribution in [0.2, 0.25) is 0 Å². The monoisotopic (exact) mass is 338 g/mol. The number of rotatable bonds is 3. The van der Waals surface area contributed by atoms with Crippen molar-refractivity contribution in [2.75, 3.05) is 12.0 Å². The predicted octanol–water partition coefficient (Wildman–Crippen LogP) is 4.00. The minimum absolute atomic E-state index is 0.295. The van der Waals surface area contributed by atoms with Gasteiger partial charge < -0.3 is 5.73 Å². The number of nitrogens with two attached hydrogens (primary N) is 1. The van der Waals surface area contributed by atoms with Gasteiger partial charge in [-0.25, -0.2) is 8.42 Å². The second-order valence-electron chi connectivity index (χ2n) is 6.21. The molecule has 2 rings (SSSR count). The Bertz CT molecular complexity index is 643. The fraction of sp³-hybridized carbons (Fsp3) is 0.611. The molecule has 1 aromatic rings. The molecule has 1 fully saturated rings. The number of hydrogen-bond acceptors (Lipinski definition) is 4. The number of benzene rings is 1. The van der Waals surface area contributed by atoms with Crippen molar-refractivity contribution in [1.29, 1.82) is 0 Å². The zero-order valence-electron chi connectivity index (χ0n) is 15.0. The van der Waals surface area contributed by atoms with Crippen LogP contribution in [0.15, 0.2) is 22.0 Å². The van der Waals surface area contributed by atoms with Gasteiger partial charge in [0.1, 0.15) is 0 Å². The van der Waals surface area contributed by atoms with Gasteiger partial charge in [-0.05, 0) is 56.2 Å². The van der Waals surface area contributed by atoms with Crippen molar-refractivity contribution in [2.24, 2.45) is 10.9 Å². The summed E-state index contributed by atoms with van der Waals surface area (Å²) >= 11 is 0. The number of aryl methyl sites for hydroxylation is 1. The summed E-state index contributed by atoms with van der Waals surface area (Å²) in [6.45, 7) is 8.07. The van der Waals surface area contributed by atoms with E-state index in [9.17, 15) is 8.42 Å². The van der Waals surface area contributed by atoms with Crippen molar-refractivity contribution in [2.45, 2.75) is 64.3 Å². The average Bonchev–Trinajstić information content (AvgIpc) is 2.50. The molecular weight excluding hydrogens is 308 g/mol. The van der Waals surface area contributed by atoms with E-state index in [1.807, 2.05) is 13.8 Å². The molecule has 0 radical (unpaired) electrons. The second kappa shape index (κ2) is 8.48. The summed E-state index contributed by atoms with van der Waals surface area (Å²) in [4.78, 5) is 4.92. The first-order valence-electron chi connectivity index (χ1n) is 8.40. The Hall–Kier alpha value is -1.36. The van der Waals surface area contributed by atoms with Crippen LogP contribution in [-0.2, 0) is 9.84 Å². The maximum atomic E-state index is 11.7. The molecule has 130 valence electrons. The molecule has 4 nitrogen and oxygen atoms in total. The van der Waals surface area contributed by atoms with Crippen LogP contribution in [0.4, 0.5) is 5.69 Å². The van der Waals surface area contributed by atoms with E-state index in [4.69, 9.17) is 5.73 Å². The zero-order chi connectivity index (χ0) is 17.6. The first-order valence-corrected chi connectivity index (χ1v) is 10.3. The Kier molecular flexibility index (Phi) is 7.26. The predicted molar refractivity (Wildman–Crippen MR) is 99.1 cm³/mol. The Morgan fingerprint density at radius 3 is 2.26 bits per heavy atom. The average molecular weight is 339 g/mol. The zero-order valence-corrected chi connectivity index (χ0v) is 15.8. The number of anilines is 1. The fourth-order valence-corrected chi connectivity index (χ4v) is 3.80. The van der Waals surface area contributed by atoms with Crippen molar-refractivity contribution in [3.63, 3.8) is 0 Å². The van der Waals surface area contributed by atoms with Gasteiger partial charge in [-0.15, -0.1) is 0 Å². The van der Waals surface area contributed by atoms with Gasteiger partial charge >= 0.3 is 0 Å². The minimum atomic E-state index is -3.24. The third-order valence-corrected chi connectivity index (χ3v) is 5.43. The van der Waals surface area contributed by atoms with Crippen LogP contribution >= 0.6 is 0 Å². The molecule has 0 spiro atoms. The lowest BCUT2D eigenvalue weighted by atomic mass is 9.88. The SMILES string of the molecule is CC.Cc1cc(C=NC2CCC(C)CC2)c(N)cc1S(C)(=O)=O. The van der Waals surface area contributed by atoms with Crippen molar-refractivity contribution >= 4 is 21.7 Å². The fourth-order valence-electron chi connectivity index (χ4n) is 2.81. The van der Waals surface area contributed by atoms with E-state index in [1.54, 1.807) is 19.2 Å². The number of sulfone groups is 1. The topological polar surface area (TPSA) is 72.5 Å². The molecule has 0 heterocycles. The molecule has 1 aliphatic rings. The minimum Gasteiger partial charge on any atom is -0.398 e. The quantitative estimate of drug-likeness (QED) is 0.668. The van der Waals surface area contributed by atoms with E-state index in [-0.39, 0.29) is 0 Å². The molecule has 0 unspecified atom stereocenters. The standard InChI is InChI=1S/C16H24N2O2S.C2H6/c1-11-4-6-14(7-5-11)18-10-13-8-12(2)16(9-15(13)17)21(3,19)20;1-2/h8-11,14H,4-7,17H2,1-3H3;1-2H3. The largest absolute Gasteiger partial charge is 0.398 e. The normalized spacial score (nSPS) is 21.8. The van der Waals surface area contributed by atoms with E-state index in [2.05, 4.69) is 11.9 Å². The molecule has 0 saturated heterocycles. The maximum absolute atomic E-state index is 11.7. The molecule has 0 amide bonds. The Labute approximate surface area is 141 Å². The molecule has 1 aliphatic carbocycles. The Balaban J connectivity index is 0.00000127. The highest BCUT2D eigenvalue weighted by atomic mass is 32.2. The van der Waals surface area contributed by atoms with Crippen LogP contribution < -0.4 is 5.73 Å². The summed E-state index contributed by atoms with van der Waals surface area (Å²) in [6.07, 6.45) is 7.70. The van der Waals surface area contributed by atoms with Gasteiger partial charge in [0, 0.05) is 29.8 Å². The van der Waals surface area contributed by atoms with Crippen LogP contribution in [0.25, 0.3) is 0 Å². The van der Waals surface area contributed by atoms with Gasteiger partial charge in [0.05, 0.1) is 4.90 Å². The van der Waals surface area contributed by atoms with Gasteiger partial charge in [0.25, 0.3) is 0 Å². The number of hydrogen-bond donors (Lipinski definition) is 1. The Morgan fingerprint density at radius 1 is 1.17 bits per heavy atom. The van der Waals surface area contributed by atoms with Crippen LogP contribution in [-0.4, -0.2) is 26.9 Å². The molecule has 0 atom stereocenters. The van der Waals surface area contributed by atoms with E-state index in [0.717, 1.165) is 24.3 Å². The van der Waals surface area contributed by atoms with Gasteiger partial charge in [0.2, 0.25) is 0 Å². The van der Waals surface area contributed by atoms with E-state index in [1.165, 1.54) is 25.2 Å². The molecular formula is C18H30N2O2S. The molecule has 5 heteroatoms. The Morgan fingerprint density at radius 2 is 1.74 bits per heavy atom. The van der Waals surface area contributed by atoms with Crippen molar-refractivity contribution in [3.05, 3.63) is 23.3 Å². The van der Waals surface area contributed by atoms with E-state index >= 15 is 0 Å². The number of aliphatic imine (C=N–C) groups is 1. The summed E-state index contributed by atoms with van der Waals surface area (Å²) in [5.41, 5.74) is 7.95. The van der Waals surface area contributed by atoms with Gasteiger partial charge in [-0.2, -0.15) is 0 Å². The van der Waals surface area contributed by atoms with Crippen molar-refractivity contribution < 1.29 is 8.42 Å². The van der Waals surface area contributed by atoms with Crippen molar-refractivity contribution in [1.82, 2.24) is 0 Å². The molecule has 23 heavy (non-hydrogen) atoms. The molecule has 0 aromatic heterocycles. The van der Waals surface area contributed by atoms with Crippen LogP contribution in [0, 0.1) is 12.8 Å². The highest BCUT2D eigenvalue weighted by Gasteiger charge is 2.17. The lowest BCUT2D eigenvalue weighted by Crippen LogP contribution is -2.15. The summed E-state index contributed by atoms with van der Waals surface area (Å²) < 4.78 is 23.3. The third kappa shape index (κ3) is 5.65.